The highest BCUT2D eigenvalue weighted by molar-refractivity contribution is 6.33. The molecule has 3 heterocycles. The van der Waals surface area contributed by atoms with Crippen LogP contribution in [-0.4, -0.2) is 53.7 Å². The molecule has 4 aromatic rings. The number of aromatic nitrogens is 2. The average molecular weight is 592 g/mol. The smallest absolute Gasteiger partial charge is 0.150 e. The highest BCUT2D eigenvalue weighted by Crippen LogP contribution is 2.38. The van der Waals surface area contributed by atoms with Crippen molar-refractivity contribution < 1.29 is 18.3 Å². The fourth-order valence-corrected chi connectivity index (χ4v) is 6.33. The minimum atomic E-state index is -0.344. The molecule has 0 bridgehead atoms. The first-order valence-corrected chi connectivity index (χ1v) is 15.2. The fourth-order valence-electron chi connectivity index (χ4n) is 6.12. The van der Waals surface area contributed by atoms with Gasteiger partial charge < -0.3 is 9.47 Å². The molecule has 0 saturated carbocycles. The molecule has 0 spiro atoms. The monoisotopic (exact) mass is 591 g/mol. The summed E-state index contributed by atoms with van der Waals surface area (Å²) in [5.74, 6) is 0.455. The number of ether oxygens (including phenoxy) is 2. The number of hydrogen-bond acceptors (Lipinski definition) is 4. The second-order valence-corrected chi connectivity index (χ2v) is 11.6. The highest BCUT2D eigenvalue weighted by atomic mass is 35.5. The molecular formula is C34H36ClF2N3O2. The lowest BCUT2D eigenvalue weighted by molar-refractivity contribution is -0.0366. The van der Waals surface area contributed by atoms with Crippen LogP contribution in [-0.2, 0) is 4.74 Å². The standard InChI is InChI=1S/C34H36ClF2N3O2/c1-23(24-6-10-28(11-7-24)42-29-14-17-39(22-29)16-4-15-36)34(30-20-27(37)9-12-31(30)35)25-8-13-32-26(19-25)21-38-40(32)33-5-2-3-18-41-33/h6-13,19-21,29,33H,2-5,14-18,22H2,1H3/b34-23-/t29-,33?/m0/s1. The van der Waals surface area contributed by atoms with Gasteiger partial charge in [-0.25, -0.2) is 9.07 Å². The zero-order valence-electron chi connectivity index (χ0n) is 23.9. The molecule has 220 valence electrons. The quantitative estimate of drug-likeness (QED) is 0.183. The molecule has 0 N–H and O–H groups in total. The number of benzene rings is 3. The molecule has 8 heteroatoms. The Morgan fingerprint density at radius 1 is 1.05 bits per heavy atom. The van der Waals surface area contributed by atoms with E-state index in [0.29, 0.717) is 17.0 Å². The summed E-state index contributed by atoms with van der Waals surface area (Å²) < 4.78 is 41.3. The summed E-state index contributed by atoms with van der Waals surface area (Å²) in [7, 11) is 0. The highest BCUT2D eigenvalue weighted by Gasteiger charge is 2.24. The van der Waals surface area contributed by atoms with E-state index < -0.39 is 0 Å². The maximum atomic E-state index is 14.5. The number of alkyl halides is 1. The number of likely N-dealkylation sites (tertiary alicyclic amines) is 1. The van der Waals surface area contributed by atoms with Crippen LogP contribution < -0.4 is 4.74 Å². The molecular weight excluding hydrogens is 556 g/mol. The second-order valence-electron chi connectivity index (χ2n) is 11.2. The van der Waals surface area contributed by atoms with Crippen molar-refractivity contribution in [1.29, 1.82) is 0 Å². The van der Waals surface area contributed by atoms with Crippen molar-refractivity contribution in [1.82, 2.24) is 14.7 Å². The van der Waals surface area contributed by atoms with Gasteiger partial charge in [0.2, 0.25) is 0 Å². The number of halogens is 3. The van der Waals surface area contributed by atoms with Gasteiger partial charge in [-0.2, -0.15) is 5.10 Å². The second kappa shape index (κ2) is 12.9. The summed E-state index contributed by atoms with van der Waals surface area (Å²) in [5, 5.41) is 6.12. The third-order valence-corrected chi connectivity index (χ3v) is 8.64. The topological polar surface area (TPSA) is 39.5 Å². The maximum absolute atomic E-state index is 14.5. The molecule has 5 nitrogen and oxygen atoms in total. The molecule has 6 rings (SSSR count). The lowest BCUT2D eigenvalue weighted by Gasteiger charge is -2.23. The molecule has 1 unspecified atom stereocenters. The predicted octanol–water partition coefficient (Wildman–Crippen LogP) is 8.32. The Labute approximate surface area is 250 Å². The van der Waals surface area contributed by atoms with Gasteiger partial charge >= 0.3 is 0 Å². The van der Waals surface area contributed by atoms with Gasteiger partial charge in [-0.3, -0.25) is 9.29 Å². The number of nitrogens with zero attached hydrogens (tertiary/aromatic N) is 3. The largest absolute Gasteiger partial charge is 0.489 e. The first kappa shape index (κ1) is 28.8. The van der Waals surface area contributed by atoms with Crippen LogP contribution in [0.15, 0.2) is 66.9 Å². The Kier molecular flexibility index (Phi) is 8.89. The molecule has 1 aromatic heterocycles. The molecule has 0 aliphatic carbocycles. The Hall–Kier alpha value is -3.26. The fraction of sp³-hybridized carbons (Fsp3) is 0.382. The molecule has 0 radical (unpaired) electrons. The van der Waals surface area contributed by atoms with E-state index in [-0.39, 0.29) is 24.8 Å². The van der Waals surface area contributed by atoms with Crippen LogP contribution >= 0.6 is 11.6 Å². The Morgan fingerprint density at radius 3 is 2.67 bits per heavy atom. The van der Waals surface area contributed by atoms with Crippen molar-refractivity contribution in [3.8, 4) is 5.75 Å². The van der Waals surface area contributed by atoms with Crippen LogP contribution in [0.25, 0.3) is 22.0 Å². The normalized spacial score (nSPS) is 20.2. The number of allylic oxidation sites excluding steroid dienone is 1. The van der Waals surface area contributed by atoms with Gasteiger partial charge in [0.05, 0.1) is 18.4 Å². The van der Waals surface area contributed by atoms with Gasteiger partial charge in [0.1, 0.15) is 17.7 Å². The van der Waals surface area contributed by atoms with E-state index in [4.69, 9.17) is 21.1 Å². The summed E-state index contributed by atoms with van der Waals surface area (Å²) >= 11 is 6.68. The van der Waals surface area contributed by atoms with Gasteiger partial charge in [-0.15, -0.1) is 0 Å². The van der Waals surface area contributed by atoms with Gasteiger partial charge in [-0.1, -0.05) is 29.8 Å². The number of fused-ring (bicyclic) bond motifs is 1. The summed E-state index contributed by atoms with van der Waals surface area (Å²) in [6.07, 6.45) is 6.55. The van der Waals surface area contributed by atoms with E-state index in [0.717, 1.165) is 90.8 Å². The van der Waals surface area contributed by atoms with Crippen molar-refractivity contribution in [2.24, 2.45) is 0 Å². The third kappa shape index (κ3) is 6.24. The summed E-state index contributed by atoms with van der Waals surface area (Å²) in [5.41, 5.74) is 5.38. The summed E-state index contributed by atoms with van der Waals surface area (Å²) in [4.78, 5) is 2.25. The zero-order chi connectivity index (χ0) is 29.1. The number of rotatable bonds is 9. The van der Waals surface area contributed by atoms with Crippen molar-refractivity contribution >= 4 is 33.7 Å². The van der Waals surface area contributed by atoms with Crippen LogP contribution in [0.2, 0.25) is 5.02 Å². The molecule has 2 atom stereocenters. The SMILES string of the molecule is C/C(=C(\c1ccc2c(cnn2C2CCCCO2)c1)c1cc(F)ccc1Cl)c1ccc(O[C@H]2CCN(CCCF)C2)cc1. The molecule has 2 fully saturated rings. The van der Waals surface area contributed by atoms with Crippen LogP contribution in [0, 0.1) is 5.82 Å². The van der Waals surface area contributed by atoms with E-state index in [1.54, 1.807) is 6.07 Å². The van der Waals surface area contributed by atoms with Gasteiger partial charge in [0, 0.05) is 42.2 Å². The first-order chi connectivity index (χ1) is 20.5. The van der Waals surface area contributed by atoms with Crippen LogP contribution in [0.3, 0.4) is 0 Å². The van der Waals surface area contributed by atoms with Gasteiger partial charge in [-0.05, 0) is 104 Å². The first-order valence-electron chi connectivity index (χ1n) is 14.8. The van der Waals surface area contributed by atoms with E-state index in [1.807, 2.05) is 42.1 Å². The summed E-state index contributed by atoms with van der Waals surface area (Å²) in [6.45, 7) is 5.01. The van der Waals surface area contributed by atoms with E-state index in [9.17, 15) is 8.78 Å². The van der Waals surface area contributed by atoms with Gasteiger partial charge in [0.25, 0.3) is 0 Å². The zero-order valence-corrected chi connectivity index (χ0v) is 24.6. The molecule has 2 aliphatic rings. The van der Waals surface area contributed by atoms with E-state index >= 15 is 0 Å². The molecule has 2 aliphatic heterocycles. The molecule has 2 saturated heterocycles. The van der Waals surface area contributed by atoms with Crippen molar-refractivity contribution in [3.63, 3.8) is 0 Å². The molecule has 0 amide bonds. The number of hydrogen-bond donors (Lipinski definition) is 0. The molecule has 3 aromatic carbocycles. The Balaban J connectivity index is 1.32. The Bertz CT molecular complexity index is 1560. The van der Waals surface area contributed by atoms with E-state index in [1.165, 1.54) is 12.1 Å². The van der Waals surface area contributed by atoms with Crippen LogP contribution in [0.5, 0.6) is 5.75 Å². The van der Waals surface area contributed by atoms with Crippen molar-refractivity contribution in [3.05, 3.63) is 94.4 Å². The van der Waals surface area contributed by atoms with Crippen molar-refractivity contribution in [2.75, 3.05) is 32.9 Å². The maximum Gasteiger partial charge on any atom is 0.150 e. The van der Waals surface area contributed by atoms with Crippen LogP contribution in [0.1, 0.15) is 61.9 Å². The van der Waals surface area contributed by atoms with E-state index in [2.05, 4.69) is 28.2 Å². The van der Waals surface area contributed by atoms with Crippen molar-refractivity contribution in [2.45, 2.75) is 51.4 Å². The summed E-state index contributed by atoms with van der Waals surface area (Å²) in [6, 6.07) is 18.7. The average Bonchev–Trinajstić information content (AvgIpc) is 3.65. The van der Waals surface area contributed by atoms with Gasteiger partial charge in [0.15, 0.2) is 6.23 Å². The predicted molar refractivity (Wildman–Crippen MR) is 164 cm³/mol. The Morgan fingerprint density at radius 2 is 1.88 bits per heavy atom. The minimum Gasteiger partial charge on any atom is -0.489 e. The third-order valence-electron chi connectivity index (χ3n) is 8.31. The lowest BCUT2D eigenvalue weighted by atomic mass is 9.89. The molecule has 42 heavy (non-hydrogen) atoms. The lowest BCUT2D eigenvalue weighted by Crippen LogP contribution is -2.26. The minimum absolute atomic E-state index is 0.0558. The van der Waals surface area contributed by atoms with Crippen LogP contribution in [0.4, 0.5) is 8.78 Å².